The Hall–Kier alpha value is -2.04. The van der Waals surface area contributed by atoms with Crippen LogP contribution in [0.4, 0.5) is 5.69 Å². The summed E-state index contributed by atoms with van der Waals surface area (Å²) < 4.78 is 0. The van der Waals surface area contributed by atoms with Crippen molar-refractivity contribution < 1.29 is 9.59 Å². The molecule has 102 valence electrons. The molecule has 0 aromatic heterocycles. The largest absolute Gasteiger partial charge is 0.387 e. The second-order valence-corrected chi connectivity index (χ2v) is 5.07. The van der Waals surface area contributed by atoms with Gasteiger partial charge in [0.05, 0.1) is 5.56 Å². The van der Waals surface area contributed by atoms with Crippen molar-refractivity contribution >= 4 is 17.5 Å². The highest BCUT2D eigenvalue weighted by atomic mass is 16.2. The molecule has 2 rings (SSSR count). The van der Waals surface area contributed by atoms with Gasteiger partial charge in [-0.2, -0.15) is 0 Å². The Morgan fingerprint density at radius 3 is 2.74 bits per heavy atom. The zero-order chi connectivity index (χ0) is 14.0. The third-order valence-corrected chi connectivity index (χ3v) is 3.52. The number of amides is 2. The molecule has 0 aliphatic carbocycles. The Bertz CT molecular complexity index is 511. The molecule has 5 heteroatoms. The Balaban J connectivity index is 2.35. The molecule has 0 radical (unpaired) electrons. The molecular formula is C14H19N3O2. The van der Waals surface area contributed by atoms with E-state index in [-0.39, 0.29) is 11.8 Å². The first-order valence-electron chi connectivity index (χ1n) is 6.35. The quantitative estimate of drug-likeness (QED) is 0.837. The Morgan fingerprint density at radius 2 is 2.05 bits per heavy atom. The molecule has 0 unspecified atom stereocenters. The lowest BCUT2D eigenvalue weighted by Crippen LogP contribution is -2.63. The van der Waals surface area contributed by atoms with Gasteiger partial charge in [0.1, 0.15) is 5.54 Å². The molecule has 1 fully saturated rings. The molecule has 2 amide bonds. The molecule has 0 bridgehead atoms. The standard InChI is InChI=1S/C14H19N3O2/c1-14(2)13(19)16-8-9-17(14)12(18)10-6-4-5-7-11(10)15-3/h4-7,15H,8-9H2,1-3H3,(H,16,19). The number of carbonyl (C=O) groups excluding carboxylic acids is 2. The van der Waals surface area contributed by atoms with Crippen LogP contribution in [0, 0.1) is 0 Å². The third kappa shape index (κ3) is 2.28. The van der Waals surface area contributed by atoms with Gasteiger partial charge in [0.2, 0.25) is 5.91 Å². The first kappa shape index (κ1) is 13.4. The molecule has 5 nitrogen and oxygen atoms in total. The van der Waals surface area contributed by atoms with E-state index in [4.69, 9.17) is 0 Å². The highest BCUT2D eigenvalue weighted by Crippen LogP contribution is 2.24. The molecule has 1 aromatic carbocycles. The fourth-order valence-electron chi connectivity index (χ4n) is 2.29. The molecule has 0 atom stereocenters. The zero-order valence-corrected chi connectivity index (χ0v) is 11.5. The van der Waals surface area contributed by atoms with Crippen molar-refractivity contribution in [2.45, 2.75) is 19.4 Å². The van der Waals surface area contributed by atoms with Crippen LogP contribution in [0.3, 0.4) is 0 Å². The summed E-state index contributed by atoms with van der Waals surface area (Å²) in [5, 5.41) is 5.79. The van der Waals surface area contributed by atoms with E-state index in [0.29, 0.717) is 18.7 Å². The number of piperazine rings is 1. The highest BCUT2D eigenvalue weighted by molar-refractivity contribution is 6.03. The van der Waals surface area contributed by atoms with Crippen LogP contribution in [0.5, 0.6) is 0 Å². The molecule has 1 aliphatic rings. The number of nitrogens with one attached hydrogen (secondary N) is 2. The number of anilines is 1. The lowest BCUT2D eigenvalue weighted by molar-refractivity contribution is -0.133. The van der Waals surface area contributed by atoms with Crippen molar-refractivity contribution in [3.63, 3.8) is 0 Å². The van der Waals surface area contributed by atoms with E-state index in [9.17, 15) is 9.59 Å². The Kier molecular flexibility index (Phi) is 3.46. The minimum absolute atomic E-state index is 0.117. The topological polar surface area (TPSA) is 61.4 Å². The Labute approximate surface area is 113 Å². The van der Waals surface area contributed by atoms with Crippen LogP contribution < -0.4 is 10.6 Å². The van der Waals surface area contributed by atoms with E-state index in [1.165, 1.54) is 0 Å². The van der Waals surface area contributed by atoms with Gasteiger partial charge in [0.15, 0.2) is 0 Å². The van der Waals surface area contributed by atoms with Gasteiger partial charge < -0.3 is 15.5 Å². The number of nitrogens with zero attached hydrogens (tertiary/aromatic N) is 1. The number of carbonyl (C=O) groups is 2. The van der Waals surface area contributed by atoms with Gasteiger partial charge in [0.25, 0.3) is 5.91 Å². The van der Waals surface area contributed by atoms with Crippen molar-refractivity contribution in [2.24, 2.45) is 0 Å². The SMILES string of the molecule is CNc1ccccc1C(=O)N1CCNC(=O)C1(C)C. The summed E-state index contributed by atoms with van der Waals surface area (Å²) >= 11 is 0. The summed E-state index contributed by atoms with van der Waals surface area (Å²) in [5.74, 6) is -0.237. The second kappa shape index (κ2) is 4.91. The van der Waals surface area contributed by atoms with Crippen molar-refractivity contribution in [1.29, 1.82) is 0 Å². The molecule has 1 aromatic rings. The number of hydrogen-bond donors (Lipinski definition) is 2. The summed E-state index contributed by atoms with van der Waals surface area (Å²) in [7, 11) is 1.78. The summed E-state index contributed by atoms with van der Waals surface area (Å²) in [6.07, 6.45) is 0. The van der Waals surface area contributed by atoms with Crippen LogP contribution in [0.2, 0.25) is 0 Å². The number of rotatable bonds is 2. The molecule has 0 saturated carbocycles. The van der Waals surface area contributed by atoms with Crippen molar-refractivity contribution in [2.75, 3.05) is 25.5 Å². The summed E-state index contributed by atoms with van der Waals surface area (Å²) in [6.45, 7) is 4.55. The van der Waals surface area contributed by atoms with Gasteiger partial charge in [-0.3, -0.25) is 9.59 Å². The minimum Gasteiger partial charge on any atom is -0.387 e. The third-order valence-electron chi connectivity index (χ3n) is 3.52. The van der Waals surface area contributed by atoms with Gasteiger partial charge in [0, 0.05) is 25.8 Å². The van der Waals surface area contributed by atoms with Crippen LogP contribution in [-0.4, -0.2) is 42.4 Å². The van der Waals surface area contributed by atoms with E-state index >= 15 is 0 Å². The summed E-state index contributed by atoms with van der Waals surface area (Å²) in [5.41, 5.74) is 0.540. The molecule has 0 spiro atoms. The normalized spacial score (nSPS) is 17.8. The predicted octanol–water partition coefficient (Wildman–Crippen LogP) is 1.08. The molecule has 2 N–H and O–H groups in total. The van der Waals surface area contributed by atoms with Crippen LogP contribution in [0.1, 0.15) is 24.2 Å². The van der Waals surface area contributed by atoms with Crippen LogP contribution in [0.15, 0.2) is 24.3 Å². The lowest BCUT2D eigenvalue weighted by Gasteiger charge is -2.41. The highest BCUT2D eigenvalue weighted by Gasteiger charge is 2.41. The molecule has 1 aliphatic heterocycles. The maximum atomic E-state index is 12.6. The maximum Gasteiger partial charge on any atom is 0.256 e. The van der Waals surface area contributed by atoms with Crippen LogP contribution >= 0.6 is 0 Å². The first-order chi connectivity index (χ1) is 8.98. The molecule has 1 saturated heterocycles. The van der Waals surface area contributed by atoms with Crippen molar-refractivity contribution in [3.05, 3.63) is 29.8 Å². The zero-order valence-electron chi connectivity index (χ0n) is 11.5. The number of benzene rings is 1. The fraction of sp³-hybridized carbons (Fsp3) is 0.429. The van der Waals surface area contributed by atoms with E-state index in [1.807, 2.05) is 18.2 Å². The van der Waals surface area contributed by atoms with Gasteiger partial charge in [-0.15, -0.1) is 0 Å². The summed E-state index contributed by atoms with van der Waals surface area (Å²) in [6, 6.07) is 7.32. The van der Waals surface area contributed by atoms with Gasteiger partial charge in [-0.25, -0.2) is 0 Å². The monoisotopic (exact) mass is 261 g/mol. The number of hydrogen-bond acceptors (Lipinski definition) is 3. The van der Waals surface area contributed by atoms with Gasteiger partial charge in [-0.05, 0) is 26.0 Å². The molecule has 1 heterocycles. The smallest absolute Gasteiger partial charge is 0.256 e. The predicted molar refractivity (Wildman–Crippen MR) is 74.1 cm³/mol. The van der Waals surface area contributed by atoms with Crippen molar-refractivity contribution in [1.82, 2.24) is 10.2 Å². The van der Waals surface area contributed by atoms with E-state index in [1.54, 1.807) is 31.9 Å². The second-order valence-electron chi connectivity index (χ2n) is 5.07. The lowest BCUT2D eigenvalue weighted by atomic mass is 9.97. The van der Waals surface area contributed by atoms with Gasteiger partial charge in [-0.1, -0.05) is 12.1 Å². The average molecular weight is 261 g/mol. The van der Waals surface area contributed by atoms with Gasteiger partial charge >= 0.3 is 0 Å². The van der Waals surface area contributed by atoms with E-state index in [0.717, 1.165) is 5.69 Å². The summed E-state index contributed by atoms with van der Waals surface area (Å²) in [4.78, 5) is 26.2. The average Bonchev–Trinajstić information content (AvgIpc) is 2.41. The molecule has 19 heavy (non-hydrogen) atoms. The van der Waals surface area contributed by atoms with E-state index in [2.05, 4.69) is 10.6 Å². The number of para-hydroxylation sites is 1. The van der Waals surface area contributed by atoms with Crippen molar-refractivity contribution in [3.8, 4) is 0 Å². The fourth-order valence-corrected chi connectivity index (χ4v) is 2.29. The Morgan fingerprint density at radius 1 is 1.37 bits per heavy atom. The van der Waals surface area contributed by atoms with Crippen LogP contribution in [0.25, 0.3) is 0 Å². The maximum absolute atomic E-state index is 12.6. The van der Waals surface area contributed by atoms with Crippen LogP contribution in [-0.2, 0) is 4.79 Å². The molecular weight excluding hydrogens is 242 g/mol. The van der Waals surface area contributed by atoms with E-state index < -0.39 is 5.54 Å². The first-order valence-corrected chi connectivity index (χ1v) is 6.35. The minimum atomic E-state index is -0.823.